The zero-order valence-electron chi connectivity index (χ0n) is 16.8. The van der Waals surface area contributed by atoms with Crippen molar-refractivity contribution in [3.8, 4) is 11.8 Å². The van der Waals surface area contributed by atoms with Gasteiger partial charge in [0.25, 0.3) is 0 Å². The number of anilines is 1. The van der Waals surface area contributed by atoms with Gasteiger partial charge >= 0.3 is 0 Å². The topological polar surface area (TPSA) is 52.4 Å². The zero-order valence-corrected chi connectivity index (χ0v) is 16.8. The van der Waals surface area contributed by atoms with Crippen LogP contribution in [0.2, 0.25) is 0 Å². The molecule has 1 aromatic heterocycles. The summed E-state index contributed by atoms with van der Waals surface area (Å²) in [4.78, 5) is 8.86. The Kier molecular flexibility index (Phi) is 6.48. The number of benzene rings is 1. The van der Waals surface area contributed by atoms with Crippen LogP contribution in [0.5, 0.6) is 5.75 Å². The number of halogens is 1. The number of nitriles is 1. The molecule has 1 aliphatic heterocycles. The maximum absolute atomic E-state index is 14.5. The largest absolute Gasteiger partial charge is 0.495 e. The van der Waals surface area contributed by atoms with Crippen LogP contribution >= 0.6 is 0 Å². The number of ether oxygens (including phenoxy) is 1. The van der Waals surface area contributed by atoms with Crippen molar-refractivity contribution in [2.75, 3.05) is 38.2 Å². The molecule has 1 aliphatic rings. The molecule has 28 heavy (non-hydrogen) atoms. The van der Waals surface area contributed by atoms with Gasteiger partial charge in [0.2, 0.25) is 0 Å². The van der Waals surface area contributed by atoms with Crippen molar-refractivity contribution in [3.05, 3.63) is 53.1 Å². The van der Waals surface area contributed by atoms with Gasteiger partial charge in [-0.3, -0.25) is 9.88 Å². The van der Waals surface area contributed by atoms with Crippen molar-refractivity contribution >= 4 is 5.69 Å². The van der Waals surface area contributed by atoms with Crippen molar-refractivity contribution in [3.63, 3.8) is 0 Å². The summed E-state index contributed by atoms with van der Waals surface area (Å²) in [5.41, 5.74) is 2.73. The van der Waals surface area contributed by atoms with Gasteiger partial charge in [-0.25, -0.2) is 4.39 Å². The Labute approximate surface area is 166 Å². The lowest BCUT2D eigenvalue weighted by atomic mass is 9.99. The molecule has 1 fully saturated rings. The van der Waals surface area contributed by atoms with E-state index in [1.54, 1.807) is 13.3 Å². The van der Waals surface area contributed by atoms with Gasteiger partial charge in [-0.05, 0) is 42.2 Å². The molecule has 1 saturated heterocycles. The summed E-state index contributed by atoms with van der Waals surface area (Å²) in [6, 6.07) is 9.32. The van der Waals surface area contributed by atoms with E-state index in [0.717, 1.165) is 49.6 Å². The van der Waals surface area contributed by atoms with Crippen LogP contribution in [0, 0.1) is 23.1 Å². The minimum atomic E-state index is -0.420. The predicted molar refractivity (Wildman–Crippen MR) is 108 cm³/mol. The first-order valence-electron chi connectivity index (χ1n) is 9.69. The summed E-state index contributed by atoms with van der Waals surface area (Å²) in [5.74, 6) is 0.807. The molecule has 0 N–H and O–H groups in total. The first-order valence-corrected chi connectivity index (χ1v) is 9.69. The number of nitrogens with zero attached hydrogens (tertiary/aromatic N) is 4. The first-order chi connectivity index (χ1) is 13.5. The molecule has 0 atom stereocenters. The van der Waals surface area contributed by atoms with Gasteiger partial charge < -0.3 is 9.64 Å². The lowest BCUT2D eigenvalue weighted by Gasteiger charge is -2.36. The fourth-order valence-corrected chi connectivity index (χ4v) is 3.68. The predicted octanol–water partition coefficient (Wildman–Crippen LogP) is 3.62. The highest BCUT2D eigenvalue weighted by molar-refractivity contribution is 5.62. The second-order valence-corrected chi connectivity index (χ2v) is 7.60. The van der Waals surface area contributed by atoms with Crippen LogP contribution in [-0.2, 0) is 13.0 Å². The number of pyridine rings is 1. The van der Waals surface area contributed by atoms with Gasteiger partial charge in [0.15, 0.2) is 0 Å². The SMILES string of the molecule is COc1cccnc1CN1CCN(c2cc(CC(C)C)cc(F)c2C#N)CC1. The Morgan fingerprint density at radius 1 is 1.25 bits per heavy atom. The number of hydrogen-bond acceptors (Lipinski definition) is 5. The number of aromatic nitrogens is 1. The third-order valence-electron chi connectivity index (χ3n) is 5.04. The minimum absolute atomic E-state index is 0.146. The monoisotopic (exact) mass is 382 g/mol. The summed E-state index contributed by atoms with van der Waals surface area (Å²) in [7, 11) is 1.65. The molecule has 0 spiro atoms. The molecule has 6 heteroatoms. The van der Waals surface area contributed by atoms with Crippen LogP contribution in [0.25, 0.3) is 0 Å². The third-order valence-corrected chi connectivity index (χ3v) is 5.04. The number of piperazine rings is 1. The van der Waals surface area contributed by atoms with Crippen LogP contribution in [-0.4, -0.2) is 43.2 Å². The molecule has 0 saturated carbocycles. The van der Waals surface area contributed by atoms with E-state index in [4.69, 9.17) is 4.74 Å². The molecule has 0 bridgehead atoms. The summed E-state index contributed by atoms with van der Waals surface area (Å²) in [6.07, 6.45) is 2.57. The van der Waals surface area contributed by atoms with Gasteiger partial charge in [-0.1, -0.05) is 13.8 Å². The Morgan fingerprint density at radius 2 is 2.00 bits per heavy atom. The van der Waals surface area contributed by atoms with Crippen molar-refractivity contribution in [2.45, 2.75) is 26.8 Å². The van der Waals surface area contributed by atoms with E-state index in [1.165, 1.54) is 6.07 Å². The van der Waals surface area contributed by atoms with Crippen LogP contribution in [0.15, 0.2) is 30.5 Å². The smallest absolute Gasteiger partial charge is 0.143 e. The van der Waals surface area contributed by atoms with E-state index < -0.39 is 5.82 Å². The van der Waals surface area contributed by atoms with Gasteiger partial charge in [0.1, 0.15) is 23.2 Å². The lowest BCUT2D eigenvalue weighted by Crippen LogP contribution is -2.46. The standard InChI is InChI=1S/C22H27FN4O/c1-16(2)11-17-12-19(23)18(14-24)21(13-17)27-9-7-26(8-10-27)15-20-22(28-3)5-4-6-25-20/h4-6,12-13,16H,7-11,15H2,1-3H3. The molecule has 1 aromatic carbocycles. The Bertz CT molecular complexity index is 854. The molecule has 148 valence electrons. The van der Waals surface area contributed by atoms with Crippen LogP contribution in [0.4, 0.5) is 10.1 Å². The van der Waals surface area contributed by atoms with Crippen LogP contribution < -0.4 is 9.64 Å². The van der Waals surface area contributed by atoms with E-state index in [-0.39, 0.29) is 5.56 Å². The van der Waals surface area contributed by atoms with E-state index >= 15 is 0 Å². The van der Waals surface area contributed by atoms with E-state index in [9.17, 15) is 9.65 Å². The molecule has 0 amide bonds. The van der Waals surface area contributed by atoms with E-state index in [0.29, 0.717) is 18.2 Å². The number of hydrogen-bond donors (Lipinski definition) is 0. The fraction of sp³-hybridized carbons (Fsp3) is 0.455. The van der Waals surface area contributed by atoms with Crippen LogP contribution in [0.1, 0.15) is 30.7 Å². The summed E-state index contributed by atoms with van der Waals surface area (Å²) < 4.78 is 19.9. The number of rotatable bonds is 6. The minimum Gasteiger partial charge on any atom is -0.495 e. The second-order valence-electron chi connectivity index (χ2n) is 7.60. The molecule has 0 unspecified atom stereocenters. The molecule has 0 radical (unpaired) electrons. The van der Waals surface area contributed by atoms with Gasteiger partial charge in [-0.2, -0.15) is 5.26 Å². The molecule has 0 aliphatic carbocycles. The molecular weight excluding hydrogens is 355 g/mol. The fourth-order valence-electron chi connectivity index (χ4n) is 3.68. The van der Waals surface area contributed by atoms with Crippen molar-refractivity contribution in [2.24, 2.45) is 5.92 Å². The van der Waals surface area contributed by atoms with E-state index in [1.807, 2.05) is 18.2 Å². The highest BCUT2D eigenvalue weighted by atomic mass is 19.1. The highest BCUT2D eigenvalue weighted by Gasteiger charge is 2.23. The maximum Gasteiger partial charge on any atom is 0.143 e. The summed E-state index contributed by atoms with van der Waals surface area (Å²) in [6.45, 7) is 8.07. The average molecular weight is 382 g/mol. The third kappa shape index (κ3) is 4.60. The van der Waals surface area contributed by atoms with Gasteiger partial charge in [0, 0.05) is 38.9 Å². The zero-order chi connectivity index (χ0) is 20.1. The van der Waals surface area contributed by atoms with Gasteiger partial charge in [0.05, 0.1) is 18.5 Å². The molecule has 5 nitrogen and oxygen atoms in total. The number of methoxy groups -OCH3 is 1. The Hall–Kier alpha value is -2.65. The van der Waals surface area contributed by atoms with Gasteiger partial charge in [-0.15, -0.1) is 0 Å². The summed E-state index contributed by atoms with van der Waals surface area (Å²) in [5, 5.41) is 9.46. The Balaban J connectivity index is 1.72. The first kappa shape index (κ1) is 20.1. The van der Waals surface area contributed by atoms with Crippen LogP contribution in [0.3, 0.4) is 0 Å². The molecule has 2 aromatic rings. The molecule has 2 heterocycles. The molecular formula is C22H27FN4O. The molecule has 3 rings (SSSR count). The Morgan fingerprint density at radius 3 is 2.64 bits per heavy atom. The van der Waals surface area contributed by atoms with Crippen molar-refractivity contribution in [1.29, 1.82) is 5.26 Å². The average Bonchev–Trinajstić information content (AvgIpc) is 2.68. The van der Waals surface area contributed by atoms with E-state index in [2.05, 4.69) is 34.7 Å². The van der Waals surface area contributed by atoms with Crippen molar-refractivity contribution < 1.29 is 9.13 Å². The highest BCUT2D eigenvalue weighted by Crippen LogP contribution is 2.28. The maximum atomic E-state index is 14.5. The second kappa shape index (κ2) is 9.03. The quantitative estimate of drug-likeness (QED) is 0.764. The normalized spacial score (nSPS) is 14.9. The lowest BCUT2D eigenvalue weighted by molar-refractivity contribution is 0.243. The van der Waals surface area contributed by atoms with Crippen molar-refractivity contribution in [1.82, 2.24) is 9.88 Å². The summed E-state index contributed by atoms with van der Waals surface area (Å²) >= 11 is 0.